The maximum Gasteiger partial charge on any atom is 0.390 e. The number of methoxy groups -OCH3 is 1. The molecule has 0 saturated heterocycles. The van der Waals surface area contributed by atoms with Crippen molar-refractivity contribution in [2.45, 2.75) is 19.1 Å². The normalized spacial score (nSPS) is 11.7. The number of nitrogens with zero attached hydrogens (tertiary/aromatic N) is 1. The van der Waals surface area contributed by atoms with E-state index >= 15 is 0 Å². The van der Waals surface area contributed by atoms with Crippen molar-refractivity contribution in [1.82, 2.24) is 4.90 Å². The maximum absolute atomic E-state index is 12.1. The first kappa shape index (κ1) is 16.7. The van der Waals surface area contributed by atoms with Crippen molar-refractivity contribution in [2.24, 2.45) is 5.73 Å². The zero-order chi connectivity index (χ0) is 15.3. The van der Waals surface area contributed by atoms with Crippen molar-refractivity contribution < 1.29 is 17.9 Å². The molecule has 20 heavy (non-hydrogen) atoms. The Morgan fingerprint density at radius 2 is 2.05 bits per heavy atom. The van der Waals surface area contributed by atoms with E-state index < -0.39 is 12.6 Å². The lowest BCUT2D eigenvalue weighted by Gasteiger charge is -2.18. The Hall–Kier alpha value is -1.34. The number of benzene rings is 1. The van der Waals surface area contributed by atoms with Crippen LogP contribution < -0.4 is 10.5 Å². The van der Waals surface area contributed by atoms with Gasteiger partial charge in [-0.1, -0.05) is 18.3 Å². The number of alkyl halides is 3. The minimum atomic E-state index is -4.14. The Kier molecular flexibility index (Phi) is 5.76. The molecule has 0 aliphatic heterocycles. The topological polar surface area (TPSA) is 38.5 Å². The number of nitrogens with two attached hydrogens (primary N) is 1. The highest BCUT2D eigenvalue weighted by molar-refractivity contribution is 7.80. The zero-order valence-electron chi connectivity index (χ0n) is 11.3. The minimum Gasteiger partial charge on any atom is -0.496 e. The van der Waals surface area contributed by atoms with E-state index in [1.165, 1.54) is 7.11 Å². The molecule has 0 aliphatic carbocycles. The number of hydrogen-bond acceptors (Lipinski definition) is 3. The Labute approximate surface area is 121 Å². The van der Waals surface area contributed by atoms with Gasteiger partial charge in [-0.05, 0) is 24.7 Å². The first-order chi connectivity index (χ1) is 9.23. The number of ether oxygens (including phenoxy) is 1. The molecule has 0 fully saturated rings. The summed E-state index contributed by atoms with van der Waals surface area (Å²) in [7, 11) is 3.14. The SMILES string of the molecule is COc1ccc(CN(C)CCC(F)(F)F)cc1C(N)=S. The summed E-state index contributed by atoms with van der Waals surface area (Å²) >= 11 is 4.92. The van der Waals surface area contributed by atoms with Crippen molar-refractivity contribution in [3.63, 3.8) is 0 Å². The summed E-state index contributed by atoms with van der Waals surface area (Å²) in [6.45, 7) is 0.327. The predicted molar refractivity (Wildman–Crippen MR) is 75.9 cm³/mol. The van der Waals surface area contributed by atoms with Gasteiger partial charge in [0, 0.05) is 13.1 Å². The molecular weight excluding hydrogens is 289 g/mol. The first-order valence-corrected chi connectivity index (χ1v) is 6.36. The Bertz CT molecular complexity index is 477. The summed E-state index contributed by atoms with van der Waals surface area (Å²) in [5.41, 5.74) is 7.01. The van der Waals surface area contributed by atoms with Gasteiger partial charge < -0.3 is 15.4 Å². The van der Waals surface area contributed by atoms with Gasteiger partial charge in [0.15, 0.2) is 0 Å². The van der Waals surface area contributed by atoms with E-state index in [4.69, 9.17) is 22.7 Å². The van der Waals surface area contributed by atoms with E-state index in [9.17, 15) is 13.2 Å². The molecule has 7 heteroatoms. The maximum atomic E-state index is 12.1. The van der Waals surface area contributed by atoms with Crippen LogP contribution in [0.3, 0.4) is 0 Å². The third kappa shape index (κ3) is 5.34. The van der Waals surface area contributed by atoms with Crippen LogP contribution >= 0.6 is 12.2 Å². The van der Waals surface area contributed by atoms with Gasteiger partial charge in [-0.25, -0.2) is 0 Å². The summed E-state index contributed by atoms with van der Waals surface area (Å²) in [4.78, 5) is 1.79. The van der Waals surface area contributed by atoms with Crippen LogP contribution in [0.1, 0.15) is 17.5 Å². The molecule has 1 aromatic carbocycles. The third-order valence-corrected chi connectivity index (χ3v) is 2.98. The van der Waals surface area contributed by atoms with Crippen molar-refractivity contribution in [3.8, 4) is 5.75 Å². The fraction of sp³-hybridized carbons (Fsp3) is 0.462. The van der Waals surface area contributed by atoms with E-state index in [2.05, 4.69) is 0 Å². The molecule has 0 radical (unpaired) electrons. The second-order valence-electron chi connectivity index (χ2n) is 4.50. The molecule has 0 heterocycles. The van der Waals surface area contributed by atoms with E-state index in [-0.39, 0.29) is 11.5 Å². The van der Waals surface area contributed by atoms with Gasteiger partial charge in [0.05, 0.1) is 19.1 Å². The second-order valence-corrected chi connectivity index (χ2v) is 4.94. The second kappa shape index (κ2) is 6.90. The highest BCUT2D eigenvalue weighted by atomic mass is 32.1. The fourth-order valence-corrected chi connectivity index (χ4v) is 1.91. The Balaban J connectivity index is 2.73. The van der Waals surface area contributed by atoms with E-state index in [0.29, 0.717) is 17.9 Å². The molecule has 0 saturated carbocycles. The van der Waals surface area contributed by atoms with Crippen LogP contribution in [0.4, 0.5) is 13.2 Å². The summed E-state index contributed by atoms with van der Waals surface area (Å²) in [6, 6.07) is 5.23. The van der Waals surface area contributed by atoms with Crippen molar-refractivity contribution >= 4 is 17.2 Å². The molecule has 3 nitrogen and oxygen atoms in total. The third-order valence-electron chi connectivity index (χ3n) is 2.76. The van der Waals surface area contributed by atoms with Crippen molar-refractivity contribution in [3.05, 3.63) is 29.3 Å². The number of hydrogen-bond donors (Lipinski definition) is 1. The molecule has 0 aromatic heterocycles. The van der Waals surface area contributed by atoms with Crippen LogP contribution in [-0.4, -0.2) is 36.8 Å². The molecule has 0 spiro atoms. The minimum absolute atomic E-state index is 0.0576. The van der Waals surface area contributed by atoms with Gasteiger partial charge in [0.25, 0.3) is 0 Å². The largest absolute Gasteiger partial charge is 0.496 e. The zero-order valence-corrected chi connectivity index (χ0v) is 12.1. The smallest absolute Gasteiger partial charge is 0.390 e. The quantitative estimate of drug-likeness (QED) is 0.820. The van der Waals surface area contributed by atoms with Gasteiger partial charge in [-0.15, -0.1) is 0 Å². The lowest BCUT2D eigenvalue weighted by molar-refractivity contribution is -0.137. The Morgan fingerprint density at radius 3 is 2.55 bits per heavy atom. The molecule has 0 aliphatic rings. The first-order valence-electron chi connectivity index (χ1n) is 5.95. The molecule has 0 unspecified atom stereocenters. The van der Waals surface area contributed by atoms with E-state index in [0.717, 1.165) is 5.56 Å². The lowest BCUT2D eigenvalue weighted by atomic mass is 10.1. The standard InChI is InChI=1S/C13H17F3N2OS/c1-18(6-5-13(14,15)16)8-9-3-4-11(19-2)10(7-9)12(17)20/h3-4,7H,5-6,8H2,1-2H3,(H2,17,20). The molecule has 112 valence electrons. The molecule has 1 aromatic rings. The van der Waals surface area contributed by atoms with Crippen molar-refractivity contribution in [1.29, 1.82) is 0 Å². The summed E-state index contributed by atoms with van der Waals surface area (Å²) in [5.74, 6) is 0.555. The van der Waals surface area contributed by atoms with Crippen LogP contribution in [0.2, 0.25) is 0 Å². The lowest BCUT2D eigenvalue weighted by Crippen LogP contribution is -2.24. The number of thiocarbonyl (C=S) groups is 1. The fourth-order valence-electron chi connectivity index (χ4n) is 1.75. The summed E-state index contributed by atoms with van der Waals surface area (Å²) in [6.07, 6.45) is -4.97. The number of rotatable bonds is 6. The average molecular weight is 306 g/mol. The van der Waals surface area contributed by atoms with Gasteiger partial charge in [-0.3, -0.25) is 0 Å². The molecule has 0 atom stereocenters. The van der Waals surface area contributed by atoms with Crippen LogP contribution in [0, 0.1) is 0 Å². The predicted octanol–water partition coefficient (Wildman–Crippen LogP) is 2.71. The van der Waals surface area contributed by atoms with Gasteiger partial charge in [0.2, 0.25) is 0 Å². The molecule has 2 N–H and O–H groups in total. The van der Waals surface area contributed by atoms with Gasteiger partial charge in [0.1, 0.15) is 10.7 Å². The van der Waals surface area contributed by atoms with Crippen molar-refractivity contribution in [2.75, 3.05) is 20.7 Å². The van der Waals surface area contributed by atoms with Gasteiger partial charge >= 0.3 is 6.18 Å². The Morgan fingerprint density at radius 1 is 1.40 bits per heavy atom. The summed E-state index contributed by atoms with van der Waals surface area (Å²) in [5, 5.41) is 0. The molecular formula is C13H17F3N2OS. The highest BCUT2D eigenvalue weighted by Crippen LogP contribution is 2.22. The van der Waals surface area contributed by atoms with Crippen LogP contribution in [-0.2, 0) is 6.54 Å². The van der Waals surface area contributed by atoms with E-state index in [1.54, 1.807) is 30.1 Å². The highest BCUT2D eigenvalue weighted by Gasteiger charge is 2.27. The average Bonchev–Trinajstić information content (AvgIpc) is 2.35. The molecule has 0 bridgehead atoms. The molecule has 0 amide bonds. The van der Waals surface area contributed by atoms with E-state index in [1.807, 2.05) is 0 Å². The van der Waals surface area contributed by atoms with Gasteiger partial charge in [-0.2, -0.15) is 13.2 Å². The summed E-state index contributed by atoms with van der Waals surface area (Å²) < 4.78 is 41.6. The van der Waals surface area contributed by atoms with Crippen LogP contribution in [0.25, 0.3) is 0 Å². The monoisotopic (exact) mass is 306 g/mol. The van der Waals surface area contributed by atoms with Crippen LogP contribution in [0.5, 0.6) is 5.75 Å². The van der Waals surface area contributed by atoms with Crippen LogP contribution in [0.15, 0.2) is 18.2 Å². The molecule has 1 rings (SSSR count). The number of halogens is 3.